The van der Waals surface area contributed by atoms with Crippen LogP contribution in [0, 0.1) is 25.7 Å². The zero-order valence-corrected chi connectivity index (χ0v) is 52.5. The Balaban J connectivity index is 0.000000183. The Hall–Kier alpha value is -6.45. The van der Waals surface area contributed by atoms with Crippen LogP contribution in [0.4, 0.5) is 5.95 Å². The maximum Gasteiger partial charge on any atom is 0.261 e. The van der Waals surface area contributed by atoms with Gasteiger partial charge < -0.3 is 28.9 Å². The first-order valence-corrected chi connectivity index (χ1v) is 33.6. The lowest BCUT2D eigenvalue weighted by Crippen LogP contribution is -2.66. The maximum atomic E-state index is 13.2. The van der Waals surface area contributed by atoms with E-state index in [-0.39, 0.29) is 58.0 Å². The van der Waals surface area contributed by atoms with Crippen molar-refractivity contribution >= 4 is 89.3 Å². The van der Waals surface area contributed by atoms with Crippen LogP contribution < -0.4 is 20.6 Å². The Morgan fingerprint density at radius 3 is 1.68 bits per heavy atom. The molecule has 2 aliphatic rings. The molecule has 0 bridgehead atoms. The third-order valence-corrected chi connectivity index (χ3v) is 23.0. The van der Waals surface area contributed by atoms with E-state index in [1.807, 2.05) is 31.2 Å². The Morgan fingerprint density at radius 2 is 1.21 bits per heavy atom. The highest BCUT2D eigenvalue weighted by molar-refractivity contribution is 7.91. The van der Waals surface area contributed by atoms with Crippen LogP contribution in [0.1, 0.15) is 129 Å². The lowest BCUT2D eigenvalue weighted by molar-refractivity contribution is 0.100. The summed E-state index contributed by atoms with van der Waals surface area (Å²) < 4.78 is 62.5. The maximum absolute atomic E-state index is 13.2. The fourth-order valence-corrected chi connectivity index (χ4v) is 18.3. The van der Waals surface area contributed by atoms with Crippen LogP contribution in [0.3, 0.4) is 0 Å². The minimum Gasteiger partial charge on any atom is -0.403 e. The van der Waals surface area contributed by atoms with Crippen molar-refractivity contribution < 1.29 is 36.0 Å². The van der Waals surface area contributed by atoms with Gasteiger partial charge in [-0.2, -0.15) is 0 Å². The highest BCUT2D eigenvalue weighted by Gasteiger charge is 2.50. The molecular formula is C62H75ClN8O8S2Si. The third kappa shape index (κ3) is 12.6. The van der Waals surface area contributed by atoms with Crippen LogP contribution in [0.5, 0.6) is 0 Å². The Labute approximate surface area is 488 Å². The second-order valence-corrected chi connectivity index (χ2v) is 31.7. The molecule has 0 saturated heterocycles. The third-order valence-electron chi connectivity index (χ3n) is 15.5. The average molecular weight is 1190 g/mol. The SMILES string of the molecule is CC(=O)c1cnc(Cl)nc1C.CC(=O)c1cnc(N2CCn3c(cc4cc(CO)c(S(C)(=O)=O)cc43)C2C(C)C)nc1C.CC(C)[C@H]1NCCn2c1cc1cc(CO[Si](c3ccccc3)(c3ccccc3)C(C)(C)C)c(S(C)(=O)=O)cc12. The number of carbonyl (C=O) groups is 2. The van der Waals surface area contributed by atoms with Gasteiger partial charge in [0, 0.05) is 90.3 Å². The fourth-order valence-electron chi connectivity index (χ4n) is 11.8. The summed E-state index contributed by atoms with van der Waals surface area (Å²) in [6.07, 6.45) is 5.50. The number of nitrogens with zero attached hydrogens (tertiary/aromatic N) is 7. The van der Waals surface area contributed by atoms with Crippen molar-refractivity contribution in [2.45, 2.75) is 129 Å². The second kappa shape index (κ2) is 24.4. The number of aryl methyl sites for hydroxylation is 2. The van der Waals surface area contributed by atoms with E-state index in [4.69, 9.17) is 16.0 Å². The molecule has 0 fully saturated rings. The number of hydrogen-bond acceptors (Lipinski definition) is 14. The van der Waals surface area contributed by atoms with E-state index >= 15 is 0 Å². The van der Waals surface area contributed by atoms with Crippen LogP contribution >= 0.6 is 11.6 Å². The molecule has 1 unspecified atom stereocenters. The van der Waals surface area contributed by atoms with Crippen LogP contribution in [-0.4, -0.2) is 96.5 Å². The van der Waals surface area contributed by atoms with Crippen LogP contribution in [0.2, 0.25) is 10.3 Å². The fraction of sp³-hybridized carbons (Fsp3) is 0.387. The summed E-state index contributed by atoms with van der Waals surface area (Å²) >= 11 is 5.49. The minimum atomic E-state index is -3.49. The second-order valence-electron chi connectivity index (χ2n) is 23.1. The van der Waals surface area contributed by atoms with Crippen molar-refractivity contribution in [2.24, 2.45) is 11.8 Å². The van der Waals surface area contributed by atoms with E-state index in [1.54, 1.807) is 25.3 Å². The molecule has 20 heteroatoms. The predicted octanol–water partition coefficient (Wildman–Crippen LogP) is 10.1. The summed E-state index contributed by atoms with van der Waals surface area (Å²) in [4.78, 5) is 41.9. The summed E-state index contributed by atoms with van der Waals surface area (Å²) in [6, 6.07) is 32.8. The Morgan fingerprint density at radius 1 is 0.707 bits per heavy atom. The number of aromatic nitrogens is 6. The molecule has 10 rings (SSSR count). The van der Waals surface area contributed by atoms with Crippen molar-refractivity contribution in [2.75, 3.05) is 30.5 Å². The standard InChI is InChI=1S/C32H40N2O3SSi.C23H28N4O4S.C7H7ClN2O/c1-23(2)31-29-20-24-19-25(30(38(6,35)36)21-28(24)34(29)18-17-33-31)22-37-39(32(3,4)5,26-13-9-7-10-14-26)27-15-11-8-12-16-27;1-13(2)22-20-9-16-8-17(12-28)21(32(5,30)31)10-19(16)26(20)6-7-27(22)23-24-11-18(15(4)29)14(3)25-23;1-4-6(5(2)11)3-9-7(8)10-4/h7-16,19-21,23,31,33H,17-18,22H2,1-6H3;8-11,13,22,28H,6-7,12H2,1-5H3;3H,1-2H3/t31-;;/m1../s1. The van der Waals surface area contributed by atoms with Crippen molar-refractivity contribution in [3.05, 3.63) is 160 Å². The first-order chi connectivity index (χ1) is 38.6. The predicted molar refractivity (Wildman–Crippen MR) is 327 cm³/mol. The van der Waals surface area contributed by atoms with Gasteiger partial charge in [-0.25, -0.2) is 36.8 Å². The number of benzene rings is 4. The largest absolute Gasteiger partial charge is 0.403 e. The monoisotopic (exact) mass is 1190 g/mol. The number of Topliss-reactive ketones (excluding diaryl/α,β-unsaturated/α-hetero) is 2. The summed E-state index contributed by atoms with van der Waals surface area (Å²) in [7, 11) is -9.78. The van der Waals surface area contributed by atoms with Gasteiger partial charge in [-0.1, -0.05) is 109 Å². The zero-order valence-electron chi connectivity index (χ0n) is 49.1. The van der Waals surface area contributed by atoms with Gasteiger partial charge >= 0.3 is 0 Å². The van der Waals surface area contributed by atoms with Gasteiger partial charge in [0.25, 0.3) is 8.32 Å². The zero-order chi connectivity index (χ0) is 59.8. The van der Waals surface area contributed by atoms with E-state index in [0.29, 0.717) is 57.9 Å². The number of sulfone groups is 2. The van der Waals surface area contributed by atoms with Gasteiger partial charge in [0.1, 0.15) is 0 Å². The van der Waals surface area contributed by atoms with Gasteiger partial charge in [-0.05, 0) is 114 Å². The van der Waals surface area contributed by atoms with E-state index in [0.717, 1.165) is 52.4 Å². The molecule has 82 heavy (non-hydrogen) atoms. The van der Waals surface area contributed by atoms with Crippen LogP contribution in [0.25, 0.3) is 21.8 Å². The molecule has 16 nitrogen and oxygen atoms in total. The molecule has 0 radical (unpaired) electrons. The quantitative estimate of drug-likeness (QED) is 0.0626. The molecule has 2 N–H and O–H groups in total. The lowest BCUT2D eigenvalue weighted by Gasteiger charge is -2.43. The van der Waals surface area contributed by atoms with Crippen LogP contribution in [-0.2, 0) is 50.4 Å². The summed E-state index contributed by atoms with van der Waals surface area (Å²) in [5.74, 6) is 1.13. The Kier molecular flexibility index (Phi) is 18.3. The van der Waals surface area contributed by atoms with E-state index in [1.165, 1.54) is 42.4 Å². The molecule has 2 atom stereocenters. The molecule has 0 aliphatic carbocycles. The molecule has 0 amide bonds. The smallest absolute Gasteiger partial charge is 0.261 e. The number of anilines is 1. The first kappa shape index (κ1) is 61.6. The highest BCUT2D eigenvalue weighted by Crippen LogP contribution is 2.41. The summed E-state index contributed by atoms with van der Waals surface area (Å²) in [5.41, 5.74) is 7.52. The lowest BCUT2D eigenvalue weighted by atomic mass is 9.97. The van der Waals surface area contributed by atoms with Gasteiger partial charge in [0.15, 0.2) is 31.2 Å². The van der Waals surface area contributed by atoms with Crippen molar-refractivity contribution in [1.82, 2.24) is 34.4 Å². The van der Waals surface area contributed by atoms with E-state index in [2.05, 4.69) is 148 Å². The molecule has 6 heterocycles. The number of carbonyl (C=O) groups excluding carboxylic acids is 2. The summed E-state index contributed by atoms with van der Waals surface area (Å²) in [5, 5.41) is 17.7. The molecule has 434 valence electrons. The molecule has 8 aromatic rings. The van der Waals surface area contributed by atoms with Crippen molar-refractivity contribution in [1.29, 1.82) is 0 Å². The number of fused-ring (bicyclic) bond motifs is 6. The molecule has 2 aliphatic heterocycles. The number of aliphatic hydroxyl groups is 1. The van der Waals surface area contributed by atoms with E-state index in [9.17, 15) is 31.5 Å². The average Bonchev–Trinajstić information content (AvgIpc) is 2.34. The first-order valence-electron chi connectivity index (χ1n) is 27.5. The van der Waals surface area contributed by atoms with Gasteiger partial charge in [-0.3, -0.25) is 9.59 Å². The van der Waals surface area contributed by atoms with Crippen molar-refractivity contribution in [3.63, 3.8) is 0 Å². The van der Waals surface area contributed by atoms with Crippen LogP contribution in [0.15, 0.2) is 119 Å². The molecular weight excluding hydrogens is 1110 g/mol. The van der Waals surface area contributed by atoms with Gasteiger partial charge in [-0.15, -0.1) is 0 Å². The minimum absolute atomic E-state index is 0.0296. The molecule has 0 spiro atoms. The number of ketones is 2. The highest BCUT2D eigenvalue weighted by atomic mass is 35.5. The molecule has 4 aromatic heterocycles. The molecule has 4 aromatic carbocycles. The topological polar surface area (TPSA) is 209 Å². The van der Waals surface area contributed by atoms with Gasteiger partial charge in [0.05, 0.1) is 51.6 Å². The normalized spacial score (nSPS) is 15.6. The van der Waals surface area contributed by atoms with Gasteiger partial charge in [0.2, 0.25) is 11.2 Å². The number of halogens is 1. The number of nitrogens with one attached hydrogen (secondary N) is 1. The van der Waals surface area contributed by atoms with Crippen molar-refractivity contribution in [3.8, 4) is 0 Å². The summed E-state index contributed by atoms with van der Waals surface area (Å²) in [6.45, 7) is 24.8. The molecule has 0 saturated carbocycles. The van der Waals surface area contributed by atoms with E-state index < -0.39 is 28.0 Å². The number of hydrogen-bond donors (Lipinski definition) is 2. The number of rotatable bonds is 13. The number of aliphatic hydroxyl groups excluding tert-OH is 1. The Bertz CT molecular complexity index is 3880.